The number of fused-ring (bicyclic) bond motifs is 3. The van der Waals surface area contributed by atoms with Crippen LogP contribution in [0.2, 0.25) is 0 Å². The zero-order chi connectivity index (χ0) is 20.4. The Morgan fingerprint density at radius 3 is 2.07 bits per heavy atom. The Kier molecular flexibility index (Phi) is 4.85. The highest BCUT2D eigenvalue weighted by Gasteiger charge is 2.43. The fourth-order valence-electron chi connectivity index (χ4n) is 5.09. The lowest BCUT2D eigenvalue weighted by molar-refractivity contribution is 0.579. The molecule has 146 valence electrons. The molecular weight excluding hydrogens is 360 g/mol. The first kappa shape index (κ1) is 18.6. The van der Waals surface area contributed by atoms with Crippen LogP contribution in [0.5, 0.6) is 0 Å². The largest absolute Gasteiger partial charge is 0.0917 e. The third-order valence-corrected chi connectivity index (χ3v) is 6.45. The van der Waals surface area contributed by atoms with E-state index in [0.717, 1.165) is 12.8 Å². The highest BCUT2D eigenvalue weighted by molar-refractivity contribution is 5.85. The first-order valence-corrected chi connectivity index (χ1v) is 10.8. The summed E-state index contributed by atoms with van der Waals surface area (Å²) >= 11 is 0. The van der Waals surface area contributed by atoms with Crippen molar-refractivity contribution >= 4 is 0 Å². The highest BCUT2D eigenvalue weighted by atomic mass is 14.5. The second kappa shape index (κ2) is 7.80. The molecule has 0 saturated heterocycles. The van der Waals surface area contributed by atoms with Gasteiger partial charge in [-0.3, -0.25) is 0 Å². The average molecular weight is 387 g/mol. The number of hydrogen-bond donors (Lipinski definition) is 0. The normalized spacial score (nSPS) is 17.1. The molecule has 0 N–H and O–H groups in total. The number of allylic oxidation sites excluding steroid dienone is 2. The van der Waals surface area contributed by atoms with E-state index < -0.39 is 0 Å². The monoisotopic (exact) mass is 386 g/mol. The van der Waals surface area contributed by atoms with Crippen LogP contribution in [-0.4, -0.2) is 0 Å². The van der Waals surface area contributed by atoms with Gasteiger partial charge in [0, 0.05) is 5.41 Å². The molecule has 0 nitrogen and oxygen atoms in total. The van der Waals surface area contributed by atoms with Crippen LogP contribution >= 0.6 is 0 Å². The lowest BCUT2D eigenvalue weighted by Crippen LogP contribution is -2.26. The molecule has 0 aliphatic heterocycles. The first-order valence-electron chi connectivity index (χ1n) is 10.8. The summed E-state index contributed by atoms with van der Waals surface area (Å²) in [6.45, 7) is 2.11. The minimum absolute atomic E-state index is 0.127. The van der Waals surface area contributed by atoms with E-state index in [1.54, 1.807) is 0 Å². The van der Waals surface area contributed by atoms with Crippen molar-refractivity contribution in [3.8, 4) is 22.3 Å². The molecule has 1 aliphatic carbocycles. The Balaban J connectivity index is 1.80. The van der Waals surface area contributed by atoms with Crippen molar-refractivity contribution in [3.05, 3.63) is 132 Å². The van der Waals surface area contributed by atoms with Gasteiger partial charge < -0.3 is 0 Å². The highest BCUT2D eigenvalue weighted by Crippen LogP contribution is 2.55. The van der Waals surface area contributed by atoms with Gasteiger partial charge in [0.25, 0.3) is 0 Å². The number of hydrogen-bond acceptors (Lipinski definition) is 0. The summed E-state index contributed by atoms with van der Waals surface area (Å²) < 4.78 is 0. The molecule has 30 heavy (non-hydrogen) atoms. The van der Waals surface area contributed by atoms with E-state index in [1.807, 2.05) is 0 Å². The van der Waals surface area contributed by atoms with Gasteiger partial charge in [0.05, 0.1) is 0 Å². The fourth-order valence-corrected chi connectivity index (χ4v) is 5.09. The molecule has 0 heterocycles. The molecule has 0 fully saturated rings. The maximum atomic E-state index is 2.44. The lowest BCUT2D eigenvalue weighted by Gasteiger charge is -2.33. The van der Waals surface area contributed by atoms with Crippen molar-refractivity contribution in [1.82, 2.24) is 0 Å². The molecule has 0 bridgehead atoms. The molecule has 1 aliphatic rings. The predicted molar refractivity (Wildman–Crippen MR) is 128 cm³/mol. The van der Waals surface area contributed by atoms with Crippen LogP contribution < -0.4 is 0 Å². The Labute approximate surface area is 179 Å². The van der Waals surface area contributed by atoms with Crippen LogP contribution in [0.4, 0.5) is 0 Å². The van der Waals surface area contributed by atoms with Crippen LogP contribution in [0.1, 0.15) is 36.5 Å². The Morgan fingerprint density at radius 1 is 0.633 bits per heavy atom. The van der Waals surface area contributed by atoms with Gasteiger partial charge in [0.2, 0.25) is 0 Å². The summed E-state index contributed by atoms with van der Waals surface area (Å²) in [6, 6.07) is 37.8. The van der Waals surface area contributed by atoms with Gasteiger partial charge in [-0.25, -0.2) is 0 Å². The number of rotatable bonds is 5. The van der Waals surface area contributed by atoms with E-state index in [2.05, 4.69) is 122 Å². The van der Waals surface area contributed by atoms with Gasteiger partial charge in [-0.1, -0.05) is 109 Å². The van der Waals surface area contributed by atoms with Crippen molar-refractivity contribution in [2.24, 2.45) is 0 Å². The van der Waals surface area contributed by atoms with Crippen LogP contribution in [0.25, 0.3) is 22.3 Å². The topological polar surface area (TPSA) is 0 Å². The molecule has 0 heteroatoms. The van der Waals surface area contributed by atoms with Crippen molar-refractivity contribution in [3.63, 3.8) is 0 Å². The molecule has 0 radical (unpaired) electrons. The molecule has 0 amide bonds. The molecule has 1 atom stereocenters. The van der Waals surface area contributed by atoms with Crippen LogP contribution in [-0.2, 0) is 5.41 Å². The van der Waals surface area contributed by atoms with Crippen LogP contribution in [0.15, 0.2) is 115 Å². The minimum Gasteiger partial charge on any atom is -0.0917 e. The summed E-state index contributed by atoms with van der Waals surface area (Å²) in [6.07, 6.45) is 6.57. The smallest absolute Gasteiger partial charge is 0.0466 e. The lowest BCUT2D eigenvalue weighted by atomic mass is 9.69. The van der Waals surface area contributed by atoms with Gasteiger partial charge in [0.15, 0.2) is 0 Å². The average Bonchev–Trinajstić information content (AvgIpc) is 3.11. The molecule has 0 spiro atoms. The Hall–Kier alpha value is -3.38. The van der Waals surface area contributed by atoms with E-state index in [-0.39, 0.29) is 5.41 Å². The maximum absolute atomic E-state index is 2.44. The molecule has 0 aromatic heterocycles. The van der Waals surface area contributed by atoms with Crippen molar-refractivity contribution in [2.75, 3.05) is 0 Å². The summed E-state index contributed by atoms with van der Waals surface area (Å²) in [5.74, 6) is 0. The summed E-state index contributed by atoms with van der Waals surface area (Å²) in [4.78, 5) is 0. The summed E-state index contributed by atoms with van der Waals surface area (Å²) in [5.41, 5.74) is 9.41. The standard InChI is InChI=1S/C30H26/c1-2-3-12-21-30(25-15-8-5-9-16-25)28-18-11-10-17-26(28)27-20-19-24(22-29(27)30)23-13-6-4-7-14-23/h2-11,13-20,22H,12,21H2,1H3/b3-2-. The Bertz CT molecular complexity index is 1190. The minimum atomic E-state index is -0.127. The molecule has 4 aromatic rings. The van der Waals surface area contributed by atoms with E-state index in [9.17, 15) is 0 Å². The van der Waals surface area contributed by atoms with Crippen LogP contribution in [0, 0.1) is 0 Å². The zero-order valence-corrected chi connectivity index (χ0v) is 17.4. The van der Waals surface area contributed by atoms with Crippen LogP contribution in [0.3, 0.4) is 0 Å². The van der Waals surface area contributed by atoms with E-state index in [1.165, 1.54) is 38.9 Å². The van der Waals surface area contributed by atoms with Gasteiger partial charge in [-0.2, -0.15) is 0 Å². The van der Waals surface area contributed by atoms with Gasteiger partial charge >= 0.3 is 0 Å². The first-order chi connectivity index (χ1) is 14.8. The molecule has 5 rings (SSSR count). The molecule has 0 saturated carbocycles. The second-order valence-corrected chi connectivity index (χ2v) is 8.05. The quantitative estimate of drug-likeness (QED) is 0.305. The van der Waals surface area contributed by atoms with Gasteiger partial charge in [-0.15, -0.1) is 0 Å². The van der Waals surface area contributed by atoms with E-state index in [0.29, 0.717) is 0 Å². The second-order valence-electron chi connectivity index (χ2n) is 8.05. The maximum Gasteiger partial charge on any atom is 0.0466 e. The van der Waals surface area contributed by atoms with Crippen molar-refractivity contribution < 1.29 is 0 Å². The van der Waals surface area contributed by atoms with Gasteiger partial charge in [-0.05, 0) is 64.8 Å². The molecular formula is C30H26. The molecule has 4 aromatic carbocycles. The predicted octanol–water partition coefficient (Wildman–Crippen LogP) is 8.02. The van der Waals surface area contributed by atoms with Crippen molar-refractivity contribution in [1.29, 1.82) is 0 Å². The van der Waals surface area contributed by atoms with Gasteiger partial charge in [0.1, 0.15) is 0 Å². The van der Waals surface area contributed by atoms with E-state index in [4.69, 9.17) is 0 Å². The van der Waals surface area contributed by atoms with E-state index >= 15 is 0 Å². The SMILES string of the molecule is C/C=C\CCC1(c2ccccc2)c2ccccc2-c2ccc(-c3ccccc3)cc21. The zero-order valence-electron chi connectivity index (χ0n) is 17.4. The summed E-state index contributed by atoms with van der Waals surface area (Å²) in [5, 5.41) is 0. The fraction of sp³-hybridized carbons (Fsp3) is 0.133. The summed E-state index contributed by atoms with van der Waals surface area (Å²) in [7, 11) is 0. The Morgan fingerprint density at radius 2 is 1.30 bits per heavy atom. The van der Waals surface area contributed by atoms with Crippen molar-refractivity contribution in [2.45, 2.75) is 25.2 Å². The molecule has 1 unspecified atom stereocenters. The third kappa shape index (κ3) is 2.92. The number of benzene rings is 4. The third-order valence-electron chi connectivity index (χ3n) is 6.45.